The van der Waals surface area contributed by atoms with Crippen LogP contribution in [0.15, 0.2) is 102 Å². The molecule has 0 bridgehead atoms. The number of hydrogen-bond donors (Lipinski definition) is 1. The molecule has 1 N–H and O–H groups in total. The van der Waals surface area contributed by atoms with Crippen LogP contribution in [0.5, 0.6) is 11.5 Å². The lowest BCUT2D eigenvalue weighted by molar-refractivity contribution is -0.123. The fraction of sp³-hybridized carbons (Fsp3) is 0.226. The van der Waals surface area contributed by atoms with E-state index in [4.69, 9.17) is 9.47 Å². The number of carbonyl (C=O) groups excluding carboxylic acids is 1. The Kier molecular flexibility index (Phi) is 6.60. The lowest BCUT2D eigenvalue weighted by Gasteiger charge is -2.38. The second-order valence-electron chi connectivity index (χ2n) is 9.25. The number of Topliss-reactive ketones (excluding diaryl/α,β-unsaturated/α-hetero) is 1. The van der Waals surface area contributed by atoms with Crippen molar-refractivity contribution in [2.75, 3.05) is 7.11 Å². The Morgan fingerprint density at radius 3 is 2.25 bits per heavy atom. The standard InChI is InChI=1S/C31H28N2O3/c1-20-27(18-32)30(23-10-14-26(15-11-23)36-19-21-6-4-3-5-7-21)31-28(33-20)16-24(17-29(31)34)22-8-12-25(35-2)13-9-22/h3-16,24,30-31,33H,17,19H2,1-2H3. The van der Waals surface area contributed by atoms with E-state index in [9.17, 15) is 10.1 Å². The van der Waals surface area contributed by atoms with Crippen molar-refractivity contribution in [2.24, 2.45) is 5.92 Å². The normalized spacial score (nSPS) is 21.1. The zero-order chi connectivity index (χ0) is 25.1. The molecule has 0 saturated carbocycles. The topological polar surface area (TPSA) is 71.3 Å². The predicted molar refractivity (Wildman–Crippen MR) is 138 cm³/mol. The zero-order valence-electron chi connectivity index (χ0n) is 20.4. The summed E-state index contributed by atoms with van der Waals surface area (Å²) in [7, 11) is 1.64. The number of ether oxygens (including phenoxy) is 2. The lowest BCUT2D eigenvalue weighted by Crippen LogP contribution is -2.39. The molecule has 1 heterocycles. The first-order valence-corrected chi connectivity index (χ1v) is 12.1. The first-order valence-electron chi connectivity index (χ1n) is 12.1. The van der Waals surface area contributed by atoms with E-state index in [0.717, 1.165) is 39.6 Å². The molecule has 1 aliphatic carbocycles. The number of allylic oxidation sites excluding steroid dienone is 4. The van der Waals surface area contributed by atoms with Crippen LogP contribution >= 0.6 is 0 Å². The van der Waals surface area contributed by atoms with Crippen LogP contribution in [0.4, 0.5) is 0 Å². The lowest BCUT2D eigenvalue weighted by atomic mass is 9.69. The minimum absolute atomic E-state index is 0.0204. The maximum Gasteiger partial charge on any atom is 0.143 e. The number of rotatable bonds is 6. The van der Waals surface area contributed by atoms with Crippen molar-refractivity contribution in [3.05, 3.63) is 119 Å². The number of ketones is 1. The van der Waals surface area contributed by atoms with E-state index in [1.807, 2.05) is 85.8 Å². The first kappa shape index (κ1) is 23.4. The molecular weight excluding hydrogens is 448 g/mol. The van der Waals surface area contributed by atoms with Crippen molar-refractivity contribution in [1.82, 2.24) is 5.32 Å². The van der Waals surface area contributed by atoms with E-state index in [-0.39, 0.29) is 17.6 Å². The number of hydrogen-bond acceptors (Lipinski definition) is 5. The molecule has 5 heteroatoms. The van der Waals surface area contributed by atoms with E-state index in [1.54, 1.807) is 7.11 Å². The highest BCUT2D eigenvalue weighted by atomic mass is 16.5. The van der Waals surface area contributed by atoms with Crippen molar-refractivity contribution >= 4 is 5.78 Å². The number of fused-ring (bicyclic) bond motifs is 1. The summed E-state index contributed by atoms with van der Waals surface area (Å²) < 4.78 is 11.2. The second kappa shape index (κ2) is 10.1. The van der Waals surface area contributed by atoms with Gasteiger partial charge in [-0.3, -0.25) is 4.79 Å². The molecule has 5 nitrogen and oxygen atoms in total. The number of carbonyl (C=O) groups is 1. The van der Waals surface area contributed by atoms with Crippen LogP contribution in [0.3, 0.4) is 0 Å². The van der Waals surface area contributed by atoms with Crippen molar-refractivity contribution in [2.45, 2.75) is 31.8 Å². The summed E-state index contributed by atoms with van der Waals surface area (Å²) >= 11 is 0. The summed E-state index contributed by atoms with van der Waals surface area (Å²) in [6.07, 6.45) is 2.55. The van der Waals surface area contributed by atoms with Gasteiger partial charge in [-0.1, -0.05) is 60.7 Å². The summed E-state index contributed by atoms with van der Waals surface area (Å²) in [6.45, 7) is 2.39. The average Bonchev–Trinajstić information content (AvgIpc) is 2.92. The maximum absolute atomic E-state index is 13.6. The Labute approximate surface area is 211 Å². The molecule has 3 aromatic rings. The Balaban J connectivity index is 1.42. The highest BCUT2D eigenvalue weighted by molar-refractivity contribution is 5.88. The molecule has 2 aliphatic rings. The van der Waals surface area contributed by atoms with Gasteiger partial charge in [-0.15, -0.1) is 0 Å². The minimum Gasteiger partial charge on any atom is -0.497 e. The van der Waals surface area contributed by atoms with Crippen LogP contribution in [0.1, 0.15) is 41.9 Å². The van der Waals surface area contributed by atoms with Gasteiger partial charge in [0.1, 0.15) is 23.9 Å². The van der Waals surface area contributed by atoms with E-state index in [2.05, 4.69) is 17.5 Å². The van der Waals surface area contributed by atoms with Crippen LogP contribution in [-0.2, 0) is 11.4 Å². The number of nitrogens with zero attached hydrogens (tertiary/aromatic N) is 1. The van der Waals surface area contributed by atoms with Gasteiger partial charge >= 0.3 is 0 Å². The second-order valence-corrected chi connectivity index (χ2v) is 9.25. The molecule has 0 fully saturated rings. The summed E-state index contributed by atoms with van der Waals surface area (Å²) in [5.74, 6) is 0.921. The van der Waals surface area contributed by atoms with Gasteiger partial charge in [0.05, 0.1) is 24.7 Å². The van der Waals surface area contributed by atoms with E-state index in [1.165, 1.54) is 0 Å². The number of nitriles is 1. The van der Waals surface area contributed by atoms with Gasteiger partial charge in [0.25, 0.3) is 0 Å². The van der Waals surface area contributed by atoms with Crippen molar-refractivity contribution in [3.8, 4) is 17.6 Å². The quantitative estimate of drug-likeness (QED) is 0.471. The van der Waals surface area contributed by atoms with Crippen LogP contribution in [-0.4, -0.2) is 12.9 Å². The molecule has 3 aromatic carbocycles. The highest BCUT2D eigenvalue weighted by Crippen LogP contribution is 2.45. The summed E-state index contributed by atoms with van der Waals surface area (Å²) in [4.78, 5) is 13.6. The smallest absolute Gasteiger partial charge is 0.143 e. The van der Waals surface area contributed by atoms with Gasteiger partial charge in [-0.2, -0.15) is 5.26 Å². The van der Waals surface area contributed by atoms with E-state index < -0.39 is 5.92 Å². The SMILES string of the molecule is COc1ccc(C2C=C3NC(C)=C(C#N)C(c4ccc(OCc5ccccc5)cc4)C3C(=O)C2)cc1. The van der Waals surface area contributed by atoms with Crippen LogP contribution < -0.4 is 14.8 Å². The van der Waals surface area contributed by atoms with Crippen molar-refractivity contribution in [1.29, 1.82) is 5.26 Å². The van der Waals surface area contributed by atoms with Gasteiger partial charge in [-0.05, 0) is 47.9 Å². The molecule has 0 spiro atoms. The molecule has 3 atom stereocenters. The molecule has 5 rings (SSSR count). The summed E-state index contributed by atoms with van der Waals surface area (Å²) in [5.41, 5.74) is 5.37. The Bertz CT molecular complexity index is 1350. The molecule has 3 unspecified atom stereocenters. The molecule has 36 heavy (non-hydrogen) atoms. The average molecular weight is 477 g/mol. The Hall–Kier alpha value is -4.30. The van der Waals surface area contributed by atoms with Crippen molar-refractivity contribution < 1.29 is 14.3 Å². The monoisotopic (exact) mass is 476 g/mol. The molecular formula is C31H28N2O3. The molecule has 0 amide bonds. The van der Waals surface area contributed by atoms with Crippen LogP contribution in [0.25, 0.3) is 0 Å². The third kappa shape index (κ3) is 4.63. The van der Waals surface area contributed by atoms with E-state index in [0.29, 0.717) is 18.6 Å². The maximum atomic E-state index is 13.6. The fourth-order valence-electron chi connectivity index (χ4n) is 5.16. The van der Waals surface area contributed by atoms with E-state index >= 15 is 0 Å². The minimum atomic E-state index is -0.408. The van der Waals surface area contributed by atoms with Gasteiger partial charge in [0.15, 0.2) is 0 Å². The van der Waals surface area contributed by atoms with Gasteiger partial charge in [0.2, 0.25) is 0 Å². The van der Waals surface area contributed by atoms with Crippen LogP contribution in [0.2, 0.25) is 0 Å². The van der Waals surface area contributed by atoms with Gasteiger partial charge in [-0.25, -0.2) is 0 Å². The molecule has 180 valence electrons. The Morgan fingerprint density at radius 2 is 1.58 bits per heavy atom. The first-order chi connectivity index (χ1) is 17.6. The molecule has 0 aromatic heterocycles. The highest BCUT2D eigenvalue weighted by Gasteiger charge is 2.42. The van der Waals surface area contributed by atoms with Gasteiger partial charge in [0, 0.05) is 29.7 Å². The van der Waals surface area contributed by atoms with Gasteiger partial charge < -0.3 is 14.8 Å². The number of nitrogens with one attached hydrogen (secondary N) is 1. The predicted octanol–water partition coefficient (Wildman–Crippen LogP) is 6.02. The third-order valence-corrected chi connectivity index (χ3v) is 7.02. The molecule has 0 radical (unpaired) electrons. The molecule has 1 aliphatic heterocycles. The zero-order valence-corrected chi connectivity index (χ0v) is 20.4. The number of methoxy groups -OCH3 is 1. The van der Waals surface area contributed by atoms with Crippen LogP contribution in [0, 0.1) is 17.2 Å². The fourth-order valence-corrected chi connectivity index (χ4v) is 5.16. The summed E-state index contributed by atoms with van der Waals surface area (Å²) in [6, 6.07) is 28.0. The molecule has 0 saturated heterocycles. The number of benzene rings is 3. The summed E-state index contributed by atoms with van der Waals surface area (Å²) in [5, 5.41) is 13.4. The Morgan fingerprint density at radius 1 is 0.917 bits per heavy atom. The largest absolute Gasteiger partial charge is 0.497 e. The third-order valence-electron chi connectivity index (χ3n) is 7.02. The van der Waals surface area contributed by atoms with Crippen molar-refractivity contribution in [3.63, 3.8) is 0 Å².